The van der Waals surface area contributed by atoms with Gasteiger partial charge in [0, 0.05) is 17.5 Å². The van der Waals surface area contributed by atoms with E-state index in [0.29, 0.717) is 5.52 Å². The van der Waals surface area contributed by atoms with E-state index < -0.39 is 34.6 Å². The molecule has 0 radical (unpaired) electrons. The summed E-state index contributed by atoms with van der Waals surface area (Å²) in [5.74, 6) is -9.77. The number of nitrogens with zero attached hydrogens (tertiary/aromatic N) is 1. The second-order valence-corrected chi connectivity index (χ2v) is 4.78. The average Bonchev–Trinajstić information content (AvgIpc) is 2.53. The fraction of sp³-hybridized carbons (Fsp3) is 0.0625. The molecule has 0 aliphatic carbocycles. The van der Waals surface area contributed by atoms with E-state index in [1.54, 1.807) is 30.3 Å². The molecule has 2 aromatic carbocycles. The molecule has 0 atom stereocenters. The third-order valence-corrected chi connectivity index (χ3v) is 3.55. The van der Waals surface area contributed by atoms with Gasteiger partial charge in [-0.15, -0.1) is 0 Å². The van der Waals surface area contributed by atoms with Crippen LogP contribution in [0, 0.1) is 29.1 Å². The van der Waals surface area contributed by atoms with Crippen LogP contribution in [0.3, 0.4) is 0 Å². The molecular formula is C16H9BrF5N. The van der Waals surface area contributed by atoms with Gasteiger partial charge in [-0.1, -0.05) is 12.1 Å². The summed E-state index contributed by atoms with van der Waals surface area (Å²) in [6.07, 6.45) is 0. The summed E-state index contributed by atoms with van der Waals surface area (Å²) < 4.78 is 69.1. The van der Waals surface area contributed by atoms with Crippen LogP contribution in [-0.2, 0) is 7.05 Å². The molecule has 0 aliphatic heterocycles. The molecule has 0 spiro atoms. The van der Waals surface area contributed by atoms with Crippen molar-refractivity contribution in [2.45, 2.75) is 0 Å². The van der Waals surface area contributed by atoms with E-state index in [0.717, 1.165) is 5.39 Å². The molecule has 120 valence electrons. The highest BCUT2D eigenvalue weighted by Gasteiger charge is 2.30. The van der Waals surface area contributed by atoms with Crippen LogP contribution in [-0.4, -0.2) is 0 Å². The van der Waals surface area contributed by atoms with Gasteiger partial charge < -0.3 is 17.0 Å². The summed E-state index contributed by atoms with van der Waals surface area (Å²) in [4.78, 5) is 0. The van der Waals surface area contributed by atoms with Crippen LogP contribution in [0.25, 0.3) is 22.2 Å². The lowest BCUT2D eigenvalue weighted by molar-refractivity contribution is -0.633. The van der Waals surface area contributed by atoms with Gasteiger partial charge in [-0.25, -0.2) is 22.0 Å². The van der Waals surface area contributed by atoms with Crippen molar-refractivity contribution in [2.75, 3.05) is 0 Å². The van der Waals surface area contributed by atoms with Crippen molar-refractivity contribution in [1.29, 1.82) is 0 Å². The maximum Gasteiger partial charge on any atom is 0.218 e. The lowest BCUT2D eigenvalue weighted by atomic mass is 10.1. The van der Waals surface area contributed by atoms with Gasteiger partial charge in [-0.3, -0.25) is 0 Å². The van der Waals surface area contributed by atoms with Gasteiger partial charge in [-0.2, -0.15) is 4.57 Å². The van der Waals surface area contributed by atoms with Crippen molar-refractivity contribution in [3.63, 3.8) is 0 Å². The summed E-state index contributed by atoms with van der Waals surface area (Å²) in [6, 6.07) is 9.83. The van der Waals surface area contributed by atoms with E-state index in [1.807, 2.05) is 0 Å². The minimum Gasteiger partial charge on any atom is -1.00 e. The Morgan fingerprint density at radius 2 is 1.22 bits per heavy atom. The highest BCUT2D eigenvalue weighted by molar-refractivity contribution is 5.77. The highest BCUT2D eigenvalue weighted by Crippen LogP contribution is 2.30. The molecule has 0 bridgehead atoms. The zero-order valence-electron chi connectivity index (χ0n) is 11.7. The zero-order chi connectivity index (χ0) is 16.0. The number of para-hydroxylation sites is 1. The van der Waals surface area contributed by atoms with Crippen LogP contribution in [0.2, 0.25) is 0 Å². The smallest absolute Gasteiger partial charge is 0.218 e. The van der Waals surface area contributed by atoms with Gasteiger partial charge in [0.1, 0.15) is 12.6 Å². The van der Waals surface area contributed by atoms with Crippen LogP contribution in [0.1, 0.15) is 0 Å². The molecule has 3 aromatic rings. The largest absolute Gasteiger partial charge is 1.00 e. The third kappa shape index (κ3) is 2.59. The normalized spacial score (nSPS) is 10.7. The van der Waals surface area contributed by atoms with Crippen LogP contribution in [0.5, 0.6) is 0 Å². The standard InChI is InChI=1S/C16H9F5N.BrH/c1-22-9-5-3-2-4-8(9)6-7-10(22)11-12(17)14(19)16(21)15(20)13(11)18;/h2-7H,1H3;1H/q+1;/p-1. The van der Waals surface area contributed by atoms with Crippen LogP contribution < -0.4 is 21.5 Å². The van der Waals surface area contributed by atoms with E-state index in [1.165, 1.54) is 17.7 Å². The molecule has 0 saturated heterocycles. The highest BCUT2D eigenvalue weighted by atomic mass is 79.9. The molecule has 1 aromatic heterocycles. The Morgan fingerprint density at radius 1 is 0.696 bits per heavy atom. The quantitative estimate of drug-likeness (QED) is 0.253. The molecular weight excluding hydrogens is 381 g/mol. The van der Waals surface area contributed by atoms with Crippen LogP contribution >= 0.6 is 0 Å². The molecule has 0 N–H and O–H groups in total. The second kappa shape index (κ2) is 6.23. The summed E-state index contributed by atoms with van der Waals surface area (Å²) >= 11 is 0. The minimum absolute atomic E-state index is 0. The van der Waals surface area contributed by atoms with E-state index >= 15 is 0 Å². The summed E-state index contributed by atoms with van der Waals surface area (Å²) in [5, 5.41) is 0.776. The molecule has 3 rings (SSSR count). The first-order valence-electron chi connectivity index (χ1n) is 6.33. The minimum atomic E-state index is -2.16. The number of halogens is 6. The number of fused-ring (bicyclic) bond motifs is 1. The Bertz CT molecular complexity index is 882. The number of hydrogen-bond donors (Lipinski definition) is 0. The molecule has 1 heterocycles. The summed E-state index contributed by atoms with van der Waals surface area (Å²) in [5.41, 5.74) is -0.444. The lowest BCUT2D eigenvalue weighted by Crippen LogP contribution is -3.00. The molecule has 1 nitrogen and oxygen atoms in total. The zero-order valence-corrected chi connectivity index (χ0v) is 13.3. The fourth-order valence-corrected chi connectivity index (χ4v) is 2.43. The topological polar surface area (TPSA) is 3.88 Å². The van der Waals surface area contributed by atoms with Crippen molar-refractivity contribution in [1.82, 2.24) is 0 Å². The second-order valence-electron chi connectivity index (χ2n) is 4.78. The predicted octanol–water partition coefficient (Wildman–Crippen LogP) is 1.03. The number of aromatic nitrogens is 1. The first-order valence-corrected chi connectivity index (χ1v) is 6.33. The third-order valence-electron chi connectivity index (χ3n) is 3.55. The van der Waals surface area contributed by atoms with Gasteiger partial charge >= 0.3 is 0 Å². The summed E-state index contributed by atoms with van der Waals surface area (Å²) in [7, 11) is 1.50. The van der Waals surface area contributed by atoms with Crippen LogP contribution in [0.15, 0.2) is 36.4 Å². The van der Waals surface area contributed by atoms with Crippen molar-refractivity contribution >= 4 is 10.9 Å². The first kappa shape index (κ1) is 17.3. The van der Waals surface area contributed by atoms with E-state index in [4.69, 9.17) is 0 Å². The van der Waals surface area contributed by atoms with Crippen molar-refractivity contribution in [2.24, 2.45) is 7.05 Å². The van der Waals surface area contributed by atoms with Gasteiger partial charge in [-0.05, 0) is 12.1 Å². The number of hydrogen-bond acceptors (Lipinski definition) is 0. The Hall–Kier alpha value is -2.02. The number of benzene rings is 2. The molecule has 23 heavy (non-hydrogen) atoms. The van der Waals surface area contributed by atoms with Gasteiger partial charge in [0.25, 0.3) is 0 Å². The molecule has 0 saturated carbocycles. The Morgan fingerprint density at radius 3 is 1.83 bits per heavy atom. The number of aryl methyl sites for hydroxylation is 1. The van der Waals surface area contributed by atoms with E-state index in [9.17, 15) is 22.0 Å². The average molecular weight is 390 g/mol. The Kier molecular flexibility index (Phi) is 4.70. The van der Waals surface area contributed by atoms with E-state index in [-0.39, 0.29) is 22.7 Å². The number of rotatable bonds is 1. The SMILES string of the molecule is C[n+]1c(-c2c(F)c(F)c(F)c(F)c2F)ccc2ccccc21.[Br-]. The molecule has 0 unspecified atom stereocenters. The monoisotopic (exact) mass is 389 g/mol. The summed E-state index contributed by atoms with van der Waals surface area (Å²) in [6.45, 7) is 0. The van der Waals surface area contributed by atoms with Crippen molar-refractivity contribution in [3.8, 4) is 11.3 Å². The van der Waals surface area contributed by atoms with E-state index in [2.05, 4.69) is 0 Å². The maximum absolute atomic E-state index is 13.9. The number of pyridine rings is 1. The van der Waals surface area contributed by atoms with Crippen molar-refractivity contribution in [3.05, 3.63) is 65.5 Å². The lowest BCUT2D eigenvalue weighted by Gasteiger charge is -2.08. The molecule has 0 amide bonds. The predicted molar refractivity (Wildman–Crippen MR) is 70.4 cm³/mol. The van der Waals surface area contributed by atoms with Crippen LogP contribution in [0.4, 0.5) is 22.0 Å². The molecule has 0 aliphatic rings. The van der Waals surface area contributed by atoms with Gasteiger partial charge in [0.15, 0.2) is 23.3 Å². The fourth-order valence-electron chi connectivity index (χ4n) is 2.43. The van der Waals surface area contributed by atoms with Gasteiger partial charge in [0.2, 0.25) is 17.0 Å². The maximum atomic E-state index is 13.9. The first-order chi connectivity index (χ1) is 10.4. The molecule has 0 fully saturated rings. The Balaban J connectivity index is 0.00000192. The van der Waals surface area contributed by atoms with Gasteiger partial charge in [0.05, 0.1) is 0 Å². The molecule has 7 heteroatoms. The van der Waals surface area contributed by atoms with Crippen molar-refractivity contribution < 1.29 is 43.5 Å². The Labute approximate surface area is 138 Å².